The fourth-order valence-electron chi connectivity index (χ4n) is 8.42. The van der Waals surface area contributed by atoms with E-state index < -0.39 is 46.8 Å². The molecule has 0 spiro atoms. The van der Waals surface area contributed by atoms with Gasteiger partial charge in [0.05, 0.1) is 169 Å². The summed E-state index contributed by atoms with van der Waals surface area (Å²) < 4.78 is 105. The number of rotatable bonds is 35. The predicted molar refractivity (Wildman–Crippen MR) is 413 cm³/mol. The Labute approximate surface area is 614 Å². The third kappa shape index (κ3) is 72.7. The molecular weight excluding hydrogens is 1260 g/mol. The van der Waals surface area contributed by atoms with Crippen LogP contribution < -0.4 is 0 Å². The average molecular weight is 1430 g/mol. The molecule has 6 atom stereocenters. The molecule has 99 heavy (non-hydrogen) atoms. The van der Waals surface area contributed by atoms with Gasteiger partial charge in [-0.05, 0) is 325 Å². The van der Waals surface area contributed by atoms with E-state index in [1.807, 2.05) is 201 Å². The molecular formula is C82H172O17. The molecule has 0 aromatic carbocycles. The Balaban J connectivity index is -0.000000631. The van der Waals surface area contributed by atoms with Gasteiger partial charge in [-0.25, -0.2) is 0 Å². The first-order valence-electron chi connectivity index (χ1n) is 37.4. The zero-order chi connectivity index (χ0) is 79.4. The van der Waals surface area contributed by atoms with E-state index in [9.17, 15) is 0 Å². The molecule has 0 saturated carbocycles. The van der Waals surface area contributed by atoms with E-state index in [-0.39, 0.29) is 98.6 Å². The van der Waals surface area contributed by atoms with Gasteiger partial charge in [-0.1, -0.05) is 0 Å². The third-order valence-electron chi connectivity index (χ3n) is 12.0. The van der Waals surface area contributed by atoms with Crippen LogP contribution in [-0.4, -0.2) is 206 Å². The van der Waals surface area contributed by atoms with E-state index >= 15 is 0 Å². The van der Waals surface area contributed by atoms with Crippen LogP contribution in [0.2, 0.25) is 0 Å². The predicted octanol–water partition coefficient (Wildman–Crippen LogP) is 19.8. The van der Waals surface area contributed by atoms with E-state index in [0.717, 1.165) is 0 Å². The van der Waals surface area contributed by atoms with Crippen LogP contribution in [0.3, 0.4) is 0 Å². The first kappa shape index (κ1) is 105. The highest BCUT2D eigenvalue weighted by molar-refractivity contribution is 4.93. The molecule has 0 fully saturated rings. The van der Waals surface area contributed by atoms with Crippen LogP contribution in [0.1, 0.15) is 325 Å². The van der Waals surface area contributed by atoms with Crippen molar-refractivity contribution in [3.8, 4) is 0 Å². The monoisotopic (exact) mass is 1430 g/mol. The lowest BCUT2D eigenvalue weighted by molar-refractivity contribution is -0.268. The Morgan fingerprint density at radius 3 is 0.505 bits per heavy atom. The Bertz CT molecular complexity index is 1830. The second-order valence-corrected chi connectivity index (χ2v) is 40.8. The zero-order valence-electron chi connectivity index (χ0n) is 74.4. The van der Waals surface area contributed by atoms with Crippen LogP contribution >= 0.6 is 0 Å². The van der Waals surface area contributed by atoms with Crippen molar-refractivity contribution >= 4 is 0 Å². The highest BCUT2D eigenvalue weighted by atomic mass is 16.6. The minimum Gasteiger partial charge on any atom is -0.378 e. The molecule has 0 aliphatic carbocycles. The number of hydrogen-bond donors (Lipinski definition) is 0. The van der Waals surface area contributed by atoms with Gasteiger partial charge in [-0.3, -0.25) is 0 Å². The number of ether oxygens (including phenoxy) is 17. The van der Waals surface area contributed by atoms with Gasteiger partial charge in [0, 0.05) is 0 Å². The molecule has 0 aromatic rings. The van der Waals surface area contributed by atoms with E-state index in [4.69, 9.17) is 80.5 Å². The Morgan fingerprint density at radius 2 is 0.343 bits per heavy atom. The first-order valence-corrected chi connectivity index (χ1v) is 37.4. The van der Waals surface area contributed by atoms with Gasteiger partial charge < -0.3 is 80.5 Å². The summed E-state index contributed by atoms with van der Waals surface area (Å²) in [6.07, 6.45) is -1.50. The molecule has 0 rings (SSSR count). The van der Waals surface area contributed by atoms with Gasteiger partial charge >= 0.3 is 0 Å². The maximum atomic E-state index is 6.78. The van der Waals surface area contributed by atoms with Crippen LogP contribution in [-0.2, 0) is 80.5 Å². The lowest BCUT2D eigenvalue weighted by Gasteiger charge is -2.46. The quantitative estimate of drug-likeness (QED) is 0.0590. The second kappa shape index (κ2) is 44.0. The first-order chi connectivity index (χ1) is 43.4. The van der Waals surface area contributed by atoms with Gasteiger partial charge in [-0.15, -0.1) is 0 Å². The maximum absolute atomic E-state index is 6.78. The van der Waals surface area contributed by atoms with Gasteiger partial charge in [0.15, 0.2) is 0 Å². The van der Waals surface area contributed by atoms with Crippen LogP contribution in [0.4, 0.5) is 0 Å². The van der Waals surface area contributed by atoms with E-state index in [0.29, 0.717) is 66.1 Å². The van der Waals surface area contributed by atoms with Crippen molar-refractivity contribution < 1.29 is 80.5 Å². The summed E-state index contributed by atoms with van der Waals surface area (Å²) in [6, 6.07) is 0. The standard InChI is InChI=1S/C30H62O6.C20H42O4.C17H36O4.C15H32O3/c1-25(2,3)31-19-21(33-27(7,8)9)23(35-29(13,14)15)24(36-30(16,17)18)22(34-28(10,11)12)20-32-26(4,5)6;1-17(2,3)21-13-15(23-19(7,8)9)16(24-20(10,11)12)14-22-18(4,5)6;1-13(2)18-9-17(10-19-14(3)4,11-20-15(5)6)12-21-16(7)8;1-13(2,3)16-10-12(18-15(7,8)9)11-17-14(4,5)6/h21-24H,19-20H2,1-18H3;15-16H,13-14H2,1-12H3;13-16H,9-12H2,1-8H3;12H,10-11H2,1-9H3. The smallest absolute Gasteiger partial charge is 0.115 e. The summed E-state index contributed by atoms with van der Waals surface area (Å²) >= 11 is 0. The topological polar surface area (TPSA) is 157 Å². The van der Waals surface area contributed by atoms with Crippen LogP contribution in [0.5, 0.6) is 0 Å². The van der Waals surface area contributed by atoms with E-state index in [2.05, 4.69) is 125 Å². The van der Waals surface area contributed by atoms with Crippen LogP contribution in [0, 0.1) is 5.41 Å². The fraction of sp³-hybridized carbons (Fsp3) is 1.00. The summed E-state index contributed by atoms with van der Waals surface area (Å²) in [6.45, 7) is 101. The van der Waals surface area contributed by atoms with Crippen molar-refractivity contribution in [1.82, 2.24) is 0 Å². The Morgan fingerprint density at radius 1 is 0.182 bits per heavy atom. The van der Waals surface area contributed by atoms with Crippen LogP contribution in [0.25, 0.3) is 0 Å². The lowest BCUT2D eigenvalue weighted by atomic mass is 9.91. The molecule has 17 nitrogen and oxygen atoms in total. The molecule has 17 heteroatoms. The van der Waals surface area contributed by atoms with Crippen molar-refractivity contribution in [3.63, 3.8) is 0 Å². The largest absolute Gasteiger partial charge is 0.378 e. The minimum atomic E-state index is -0.485. The molecule has 0 amide bonds. The average Bonchev–Trinajstić information content (AvgIpc) is 0.808. The summed E-state index contributed by atoms with van der Waals surface area (Å²) in [4.78, 5) is 0. The molecule has 0 radical (unpaired) electrons. The maximum Gasteiger partial charge on any atom is 0.115 e. The van der Waals surface area contributed by atoms with E-state index in [1.165, 1.54) is 0 Å². The molecule has 0 aliphatic rings. The Hall–Kier alpha value is -0.680. The summed E-state index contributed by atoms with van der Waals surface area (Å²) in [7, 11) is 0. The van der Waals surface area contributed by atoms with Gasteiger partial charge in [-0.2, -0.15) is 0 Å². The van der Waals surface area contributed by atoms with Crippen molar-refractivity contribution in [2.75, 3.05) is 66.1 Å². The molecule has 0 aliphatic heterocycles. The molecule has 0 N–H and O–H groups in total. The zero-order valence-corrected chi connectivity index (χ0v) is 74.4. The van der Waals surface area contributed by atoms with Crippen LogP contribution in [0.15, 0.2) is 0 Å². The lowest BCUT2D eigenvalue weighted by Crippen LogP contribution is -2.58. The van der Waals surface area contributed by atoms with Gasteiger partial charge in [0.25, 0.3) is 0 Å². The van der Waals surface area contributed by atoms with Crippen molar-refractivity contribution in [2.24, 2.45) is 5.41 Å². The van der Waals surface area contributed by atoms with Gasteiger partial charge in [0.2, 0.25) is 0 Å². The third-order valence-corrected chi connectivity index (χ3v) is 12.0. The van der Waals surface area contributed by atoms with Crippen molar-refractivity contribution in [1.29, 1.82) is 0 Å². The van der Waals surface area contributed by atoms with Gasteiger partial charge in [0.1, 0.15) is 42.7 Å². The highest BCUT2D eigenvalue weighted by Crippen LogP contribution is 2.33. The molecule has 0 heterocycles. The van der Waals surface area contributed by atoms with E-state index in [1.54, 1.807) is 0 Å². The summed E-state index contributed by atoms with van der Waals surface area (Å²) in [5.41, 5.74) is -4.18. The SMILES string of the molecule is CC(C)(C)OCC(COC(C)(C)C)OC(C)(C)C.CC(C)(C)OCC(OC(C)(C)C)C(COC(C)(C)C)OC(C)(C)C.CC(C)(C)OCC(OC(C)(C)C)C(OC(C)(C)C)C(OC(C)(C)C)C(COC(C)(C)C)OC(C)(C)C.CC(C)OCC(COC(C)C)(COC(C)C)COC(C)C. The molecule has 602 valence electrons. The molecule has 0 aromatic heterocycles. The fourth-order valence-corrected chi connectivity index (χ4v) is 8.42. The minimum absolute atomic E-state index is 0.0385. The second-order valence-electron chi connectivity index (χ2n) is 40.8. The summed E-state index contributed by atoms with van der Waals surface area (Å²) in [5.74, 6) is 0. The molecule has 0 saturated heterocycles. The summed E-state index contributed by atoms with van der Waals surface area (Å²) in [5, 5.41) is 0. The highest BCUT2D eigenvalue weighted by Gasteiger charge is 2.46. The van der Waals surface area contributed by atoms with Crippen molar-refractivity contribution in [2.45, 2.75) is 465 Å². The Kier molecular flexibility index (Phi) is 46.5. The molecule has 0 bridgehead atoms. The number of hydrogen-bond acceptors (Lipinski definition) is 17. The normalized spacial score (nSPS) is 16.1. The van der Waals surface area contributed by atoms with Crippen molar-refractivity contribution in [3.05, 3.63) is 0 Å². The molecule has 6 unspecified atom stereocenters.